The fourth-order valence-corrected chi connectivity index (χ4v) is 3.52. The van der Waals surface area contributed by atoms with Crippen molar-refractivity contribution >= 4 is 17.8 Å². The minimum Gasteiger partial charge on any atom is -0.308 e. The summed E-state index contributed by atoms with van der Waals surface area (Å²) in [5, 5.41) is 8.07. The van der Waals surface area contributed by atoms with Gasteiger partial charge in [-0.15, -0.1) is 0 Å². The quantitative estimate of drug-likeness (QED) is 0.296. The summed E-state index contributed by atoms with van der Waals surface area (Å²) < 4.78 is 0. The number of aliphatic imine (C=N–C) groups is 1. The van der Waals surface area contributed by atoms with Gasteiger partial charge in [0.2, 0.25) is 0 Å². The molecule has 166 valence electrons. The largest absolute Gasteiger partial charge is 0.308 e. The minimum absolute atomic E-state index is 0.114. The zero-order valence-corrected chi connectivity index (χ0v) is 20.2. The van der Waals surface area contributed by atoms with Gasteiger partial charge in [-0.05, 0) is 72.1 Å². The molecule has 3 atom stereocenters. The molecule has 0 aliphatic heterocycles. The average molecular weight is 423 g/mol. The number of rotatable bonds is 14. The van der Waals surface area contributed by atoms with Crippen LogP contribution < -0.4 is 10.6 Å². The van der Waals surface area contributed by atoms with Crippen LogP contribution in [0.5, 0.6) is 0 Å². The summed E-state index contributed by atoms with van der Waals surface area (Å²) >= 11 is 6.05. The number of nitrogens with zero attached hydrogens (tertiary/aromatic N) is 2. The van der Waals surface area contributed by atoms with Crippen molar-refractivity contribution < 1.29 is 0 Å². The number of nitrogens with one attached hydrogen (secondary N) is 2. The van der Waals surface area contributed by atoms with Gasteiger partial charge in [0.25, 0.3) is 0 Å². The Morgan fingerprint density at radius 2 is 1.97 bits per heavy atom. The highest BCUT2D eigenvalue weighted by atomic mass is 35.5. The van der Waals surface area contributed by atoms with Crippen molar-refractivity contribution in [2.24, 2.45) is 4.99 Å². The number of likely N-dealkylation sites (N-methyl/N-ethyl adjacent to an activating group) is 1. The molecular weight excluding hydrogens is 380 g/mol. The van der Waals surface area contributed by atoms with E-state index in [1.807, 2.05) is 25.3 Å². The van der Waals surface area contributed by atoms with Crippen LogP contribution in [0.25, 0.3) is 0 Å². The van der Waals surface area contributed by atoms with Crippen LogP contribution >= 0.6 is 11.6 Å². The maximum atomic E-state index is 6.05. The van der Waals surface area contributed by atoms with Crippen molar-refractivity contribution in [3.8, 4) is 0 Å². The normalized spacial score (nSPS) is 19.9. The minimum atomic E-state index is 0.114. The molecule has 2 N–H and O–H groups in total. The molecule has 5 heteroatoms. The topological polar surface area (TPSA) is 39.7 Å². The molecular formula is C24H43ClN4. The molecule has 1 aliphatic rings. The van der Waals surface area contributed by atoms with Crippen LogP contribution in [0.3, 0.4) is 0 Å². The highest BCUT2D eigenvalue weighted by Gasteiger charge is 2.23. The summed E-state index contributed by atoms with van der Waals surface area (Å²) in [7, 11) is 0. The molecule has 1 saturated carbocycles. The Bertz CT molecular complexity index is 563. The van der Waals surface area contributed by atoms with E-state index in [2.05, 4.69) is 62.3 Å². The summed E-state index contributed by atoms with van der Waals surface area (Å²) in [6.45, 7) is 15.9. The first-order valence-corrected chi connectivity index (χ1v) is 11.7. The fourth-order valence-electron chi connectivity index (χ4n) is 3.44. The SMILES string of the molecule is C/C=C(Cl)\C=C/C(C)NC(C)CC(/N=C/C(C)=C/C)NCCN(CC)C1CCC1. The maximum Gasteiger partial charge on any atom is 0.101 e. The molecule has 4 nitrogen and oxygen atoms in total. The zero-order chi connectivity index (χ0) is 21.6. The molecule has 0 radical (unpaired) electrons. The molecule has 0 aromatic heterocycles. The van der Waals surface area contributed by atoms with Gasteiger partial charge in [-0.1, -0.05) is 43.2 Å². The molecule has 0 aromatic rings. The lowest BCUT2D eigenvalue weighted by atomic mass is 9.91. The Morgan fingerprint density at radius 3 is 2.52 bits per heavy atom. The van der Waals surface area contributed by atoms with E-state index in [0.717, 1.165) is 37.1 Å². The first-order valence-electron chi connectivity index (χ1n) is 11.3. The molecule has 1 aliphatic carbocycles. The van der Waals surface area contributed by atoms with Crippen molar-refractivity contribution in [3.63, 3.8) is 0 Å². The van der Waals surface area contributed by atoms with E-state index >= 15 is 0 Å². The highest BCUT2D eigenvalue weighted by Crippen LogP contribution is 2.24. The van der Waals surface area contributed by atoms with Gasteiger partial charge in [0.1, 0.15) is 6.17 Å². The fraction of sp³-hybridized carbons (Fsp3) is 0.708. The lowest BCUT2D eigenvalue weighted by molar-refractivity contribution is 0.133. The molecule has 0 amide bonds. The monoisotopic (exact) mass is 422 g/mol. The van der Waals surface area contributed by atoms with Gasteiger partial charge in [0, 0.05) is 42.5 Å². The van der Waals surface area contributed by atoms with Crippen molar-refractivity contribution in [2.75, 3.05) is 19.6 Å². The Morgan fingerprint density at radius 1 is 1.24 bits per heavy atom. The molecule has 0 heterocycles. The Hall–Kier alpha value is -0.940. The molecule has 0 spiro atoms. The Labute approximate surface area is 184 Å². The number of hydrogen-bond acceptors (Lipinski definition) is 4. The summed E-state index contributed by atoms with van der Waals surface area (Å²) in [6.07, 6.45) is 15.2. The maximum absolute atomic E-state index is 6.05. The second kappa shape index (κ2) is 15.0. The van der Waals surface area contributed by atoms with Crippen molar-refractivity contribution in [1.29, 1.82) is 0 Å². The number of halogens is 1. The third-order valence-electron chi connectivity index (χ3n) is 5.63. The molecule has 29 heavy (non-hydrogen) atoms. The smallest absolute Gasteiger partial charge is 0.101 e. The van der Waals surface area contributed by atoms with E-state index in [0.29, 0.717) is 6.04 Å². The van der Waals surface area contributed by atoms with Gasteiger partial charge in [-0.3, -0.25) is 15.2 Å². The third-order valence-corrected chi connectivity index (χ3v) is 5.98. The Balaban J connectivity index is 2.56. The van der Waals surface area contributed by atoms with Gasteiger partial charge >= 0.3 is 0 Å². The summed E-state index contributed by atoms with van der Waals surface area (Å²) in [5.74, 6) is 0. The van der Waals surface area contributed by atoms with E-state index in [4.69, 9.17) is 16.6 Å². The van der Waals surface area contributed by atoms with Crippen molar-refractivity contribution in [2.45, 2.75) is 91.5 Å². The van der Waals surface area contributed by atoms with E-state index in [1.54, 1.807) is 0 Å². The Kier molecular flexibility index (Phi) is 13.5. The molecule has 1 fully saturated rings. The van der Waals surface area contributed by atoms with Gasteiger partial charge < -0.3 is 5.32 Å². The van der Waals surface area contributed by atoms with E-state index in [1.165, 1.54) is 24.8 Å². The van der Waals surface area contributed by atoms with Gasteiger partial charge in [0.15, 0.2) is 0 Å². The van der Waals surface area contributed by atoms with Crippen molar-refractivity contribution in [1.82, 2.24) is 15.5 Å². The summed E-state index contributed by atoms with van der Waals surface area (Å²) in [4.78, 5) is 7.42. The summed E-state index contributed by atoms with van der Waals surface area (Å²) in [5.41, 5.74) is 1.19. The first kappa shape index (κ1) is 26.1. The second-order valence-electron chi connectivity index (χ2n) is 8.12. The van der Waals surface area contributed by atoms with E-state index in [-0.39, 0.29) is 12.2 Å². The van der Waals surface area contributed by atoms with Gasteiger partial charge in [-0.25, -0.2) is 0 Å². The van der Waals surface area contributed by atoms with Gasteiger partial charge in [0.05, 0.1) is 0 Å². The highest BCUT2D eigenvalue weighted by molar-refractivity contribution is 6.31. The first-order chi connectivity index (χ1) is 13.9. The third kappa shape index (κ3) is 11.1. The van der Waals surface area contributed by atoms with Crippen LogP contribution in [0.15, 0.2) is 39.9 Å². The molecule has 1 rings (SSSR count). The van der Waals surface area contributed by atoms with Crippen LogP contribution in [0.4, 0.5) is 0 Å². The second-order valence-corrected chi connectivity index (χ2v) is 8.56. The van der Waals surface area contributed by atoms with Crippen LogP contribution in [0, 0.1) is 0 Å². The van der Waals surface area contributed by atoms with Crippen LogP contribution in [0.1, 0.15) is 67.2 Å². The molecule has 0 saturated heterocycles. The average Bonchev–Trinajstić information content (AvgIpc) is 2.67. The predicted molar refractivity (Wildman–Crippen MR) is 130 cm³/mol. The van der Waals surface area contributed by atoms with Crippen LogP contribution in [0.2, 0.25) is 0 Å². The number of allylic oxidation sites excluding steroid dienone is 5. The summed E-state index contributed by atoms with van der Waals surface area (Å²) in [6, 6.07) is 1.40. The van der Waals surface area contributed by atoms with Crippen LogP contribution in [-0.4, -0.2) is 55.0 Å². The molecule has 0 aromatic carbocycles. The molecule has 3 unspecified atom stereocenters. The lowest BCUT2D eigenvalue weighted by Gasteiger charge is -2.37. The number of hydrogen-bond donors (Lipinski definition) is 2. The standard InChI is InChI=1S/C24H43ClN4/c1-7-19(4)18-27-24(26-15-16-29(9-3)23-11-10-12-23)17-21(6)28-20(5)13-14-22(25)8-2/h7-8,13-14,18,20-21,23-24,26,28H,9-12,15-17H2,1-6H3/b14-13-,19-7+,22-8+,27-18+. The molecule has 0 bridgehead atoms. The van der Waals surface area contributed by atoms with Crippen LogP contribution in [-0.2, 0) is 0 Å². The van der Waals surface area contributed by atoms with E-state index in [9.17, 15) is 0 Å². The predicted octanol–water partition coefficient (Wildman–Crippen LogP) is 5.27. The zero-order valence-electron chi connectivity index (χ0n) is 19.4. The van der Waals surface area contributed by atoms with Crippen molar-refractivity contribution in [3.05, 3.63) is 34.9 Å². The lowest BCUT2D eigenvalue weighted by Crippen LogP contribution is -2.45. The van der Waals surface area contributed by atoms with Gasteiger partial charge in [-0.2, -0.15) is 0 Å². The van der Waals surface area contributed by atoms with E-state index < -0.39 is 0 Å².